The van der Waals surface area contributed by atoms with Crippen molar-refractivity contribution in [2.45, 2.75) is 39.0 Å². The Balaban J connectivity index is 1.35. The van der Waals surface area contributed by atoms with Gasteiger partial charge >= 0.3 is 0 Å². The van der Waals surface area contributed by atoms with Crippen LogP contribution in [0, 0.1) is 0 Å². The number of tetrazole rings is 1. The average Bonchev–Trinajstić information content (AvgIpc) is 3.68. The number of aromatic amines is 1. The minimum Gasteiger partial charge on any atom is -0.468 e. The molecule has 0 saturated heterocycles. The van der Waals surface area contributed by atoms with Crippen molar-refractivity contribution in [2.24, 2.45) is 0 Å². The van der Waals surface area contributed by atoms with Crippen LogP contribution in [-0.4, -0.2) is 36.9 Å². The minimum atomic E-state index is -0.158. The van der Waals surface area contributed by atoms with E-state index in [1.54, 1.807) is 12.3 Å². The summed E-state index contributed by atoms with van der Waals surface area (Å²) in [6, 6.07) is 19.3. The number of benzene rings is 2. The largest absolute Gasteiger partial charge is 0.468 e. The molecule has 0 saturated carbocycles. The van der Waals surface area contributed by atoms with Crippen molar-refractivity contribution in [3.63, 3.8) is 0 Å². The fraction of sp³-hybridized carbons (Fsp3) is 0.259. The molecule has 0 bridgehead atoms. The lowest BCUT2D eigenvalue weighted by molar-refractivity contribution is 0.149. The molecule has 10 heteroatoms. The Labute approximate surface area is 212 Å². The van der Waals surface area contributed by atoms with E-state index in [0.29, 0.717) is 42.2 Å². The Hall–Kier alpha value is -4.44. The predicted octanol–water partition coefficient (Wildman–Crippen LogP) is 4.04. The zero-order valence-corrected chi connectivity index (χ0v) is 20.3. The summed E-state index contributed by atoms with van der Waals surface area (Å²) in [7, 11) is 0. The molecule has 1 aliphatic heterocycles. The average molecular weight is 499 g/mol. The van der Waals surface area contributed by atoms with Crippen LogP contribution < -0.4 is 15.0 Å². The first kappa shape index (κ1) is 23.0. The Morgan fingerprint density at radius 2 is 1.89 bits per heavy atom. The highest BCUT2D eigenvalue weighted by Gasteiger charge is 2.27. The SMILES string of the molecule is CCC(c1nnnn1Cc1ccccc1)N(Cc1ccco1)Cc1cc2cc3c(cc2[nH]c1=O)OCO3. The van der Waals surface area contributed by atoms with Crippen LogP contribution in [0.25, 0.3) is 10.9 Å². The van der Waals surface area contributed by atoms with Crippen LogP contribution in [0.1, 0.15) is 42.1 Å². The van der Waals surface area contributed by atoms with E-state index in [0.717, 1.165) is 29.0 Å². The van der Waals surface area contributed by atoms with Gasteiger partial charge in [0.2, 0.25) is 6.79 Å². The molecule has 3 aromatic heterocycles. The van der Waals surface area contributed by atoms with E-state index in [2.05, 4.69) is 32.3 Å². The third-order valence-corrected chi connectivity index (χ3v) is 6.59. The number of rotatable bonds is 9. The fourth-order valence-electron chi connectivity index (χ4n) is 4.78. The summed E-state index contributed by atoms with van der Waals surface area (Å²) in [5, 5.41) is 13.5. The van der Waals surface area contributed by atoms with Gasteiger partial charge in [-0.2, -0.15) is 0 Å². The maximum Gasteiger partial charge on any atom is 0.252 e. The van der Waals surface area contributed by atoms with Crippen molar-refractivity contribution >= 4 is 10.9 Å². The van der Waals surface area contributed by atoms with E-state index in [1.165, 1.54) is 0 Å². The Kier molecular flexibility index (Phi) is 6.15. The summed E-state index contributed by atoms with van der Waals surface area (Å²) in [4.78, 5) is 18.3. The van der Waals surface area contributed by atoms with Gasteiger partial charge in [-0.3, -0.25) is 9.69 Å². The highest BCUT2D eigenvalue weighted by molar-refractivity contribution is 5.83. The maximum atomic E-state index is 13.2. The quantitative estimate of drug-likeness (QED) is 0.324. The van der Waals surface area contributed by atoms with E-state index in [4.69, 9.17) is 13.9 Å². The fourth-order valence-corrected chi connectivity index (χ4v) is 4.78. The molecule has 0 radical (unpaired) electrons. The molecule has 37 heavy (non-hydrogen) atoms. The number of hydrogen-bond acceptors (Lipinski definition) is 8. The molecule has 10 nitrogen and oxygen atoms in total. The summed E-state index contributed by atoms with van der Waals surface area (Å²) < 4.78 is 18.5. The summed E-state index contributed by atoms with van der Waals surface area (Å²) in [5.74, 6) is 2.83. The number of nitrogens with zero attached hydrogens (tertiary/aromatic N) is 5. The first-order valence-electron chi connectivity index (χ1n) is 12.2. The number of furan rings is 1. The van der Waals surface area contributed by atoms with Crippen molar-refractivity contribution in [1.82, 2.24) is 30.1 Å². The molecule has 1 aliphatic rings. The van der Waals surface area contributed by atoms with Gasteiger partial charge < -0.3 is 18.9 Å². The van der Waals surface area contributed by atoms with Crippen LogP contribution in [-0.2, 0) is 19.6 Å². The van der Waals surface area contributed by atoms with Crippen molar-refractivity contribution < 1.29 is 13.9 Å². The Morgan fingerprint density at radius 3 is 2.68 bits per heavy atom. The molecule has 1 atom stereocenters. The van der Waals surface area contributed by atoms with Crippen LogP contribution >= 0.6 is 0 Å². The minimum absolute atomic E-state index is 0.157. The van der Waals surface area contributed by atoms with Gasteiger partial charge in [0.25, 0.3) is 5.56 Å². The zero-order valence-electron chi connectivity index (χ0n) is 20.3. The monoisotopic (exact) mass is 498 g/mol. The summed E-state index contributed by atoms with van der Waals surface area (Å²) in [6.07, 6.45) is 2.39. The zero-order chi connectivity index (χ0) is 25.2. The van der Waals surface area contributed by atoms with Gasteiger partial charge in [0.1, 0.15) is 5.76 Å². The molecule has 0 amide bonds. The molecule has 6 rings (SSSR count). The summed E-state index contributed by atoms with van der Waals surface area (Å²) >= 11 is 0. The van der Waals surface area contributed by atoms with Gasteiger partial charge in [0.05, 0.1) is 30.9 Å². The molecule has 0 aliphatic carbocycles. The number of nitrogens with one attached hydrogen (secondary N) is 1. The van der Waals surface area contributed by atoms with E-state index < -0.39 is 0 Å². The van der Waals surface area contributed by atoms with Crippen molar-refractivity contribution in [3.8, 4) is 11.5 Å². The van der Waals surface area contributed by atoms with Gasteiger partial charge in [0.15, 0.2) is 17.3 Å². The van der Waals surface area contributed by atoms with Crippen LogP contribution in [0.2, 0.25) is 0 Å². The second kappa shape index (κ2) is 9.90. The van der Waals surface area contributed by atoms with Crippen LogP contribution in [0.15, 0.2) is 76.1 Å². The lowest BCUT2D eigenvalue weighted by Crippen LogP contribution is -2.32. The molecule has 0 fully saturated rings. The number of H-pyrrole nitrogens is 1. The van der Waals surface area contributed by atoms with Crippen LogP contribution in [0.4, 0.5) is 0 Å². The highest BCUT2D eigenvalue weighted by atomic mass is 16.7. The van der Waals surface area contributed by atoms with Crippen LogP contribution in [0.5, 0.6) is 11.5 Å². The smallest absolute Gasteiger partial charge is 0.252 e. The maximum absolute atomic E-state index is 13.2. The molecule has 0 spiro atoms. The molecule has 2 aromatic carbocycles. The van der Waals surface area contributed by atoms with Gasteiger partial charge in [-0.25, -0.2) is 4.68 Å². The van der Waals surface area contributed by atoms with Crippen molar-refractivity contribution in [2.75, 3.05) is 6.79 Å². The lowest BCUT2D eigenvalue weighted by atomic mass is 10.1. The molecule has 1 unspecified atom stereocenters. The van der Waals surface area contributed by atoms with E-state index >= 15 is 0 Å². The number of ether oxygens (including phenoxy) is 2. The van der Waals surface area contributed by atoms with Gasteiger partial charge in [-0.1, -0.05) is 37.3 Å². The third-order valence-electron chi connectivity index (χ3n) is 6.59. The van der Waals surface area contributed by atoms with Gasteiger partial charge in [0, 0.05) is 23.6 Å². The summed E-state index contributed by atoms with van der Waals surface area (Å²) in [6.45, 7) is 3.68. The molecule has 4 heterocycles. The van der Waals surface area contributed by atoms with Gasteiger partial charge in [-0.05, 0) is 46.7 Å². The van der Waals surface area contributed by atoms with Crippen molar-refractivity contribution in [3.05, 3.63) is 100.0 Å². The normalized spacial score (nSPS) is 13.5. The molecule has 188 valence electrons. The summed E-state index contributed by atoms with van der Waals surface area (Å²) in [5.41, 5.74) is 2.27. The van der Waals surface area contributed by atoms with Gasteiger partial charge in [-0.15, -0.1) is 5.10 Å². The second-order valence-corrected chi connectivity index (χ2v) is 9.01. The first-order valence-corrected chi connectivity index (χ1v) is 12.2. The number of aromatic nitrogens is 5. The van der Waals surface area contributed by atoms with E-state index in [-0.39, 0.29) is 18.4 Å². The van der Waals surface area contributed by atoms with E-state index in [9.17, 15) is 4.79 Å². The third kappa shape index (κ3) is 4.70. The lowest BCUT2D eigenvalue weighted by Gasteiger charge is -2.29. The molecule has 5 aromatic rings. The number of fused-ring (bicyclic) bond motifs is 2. The number of hydrogen-bond donors (Lipinski definition) is 1. The molecular weight excluding hydrogens is 472 g/mol. The number of pyridine rings is 1. The highest BCUT2D eigenvalue weighted by Crippen LogP contribution is 2.35. The Bertz CT molecular complexity index is 1560. The molecular formula is C27H26N6O4. The van der Waals surface area contributed by atoms with Crippen molar-refractivity contribution in [1.29, 1.82) is 0 Å². The van der Waals surface area contributed by atoms with E-state index in [1.807, 2.05) is 59.3 Å². The Morgan fingerprint density at radius 1 is 1.05 bits per heavy atom. The first-order chi connectivity index (χ1) is 18.2. The van der Waals surface area contributed by atoms with Crippen LogP contribution in [0.3, 0.4) is 0 Å². The standard InChI is InChI=1S/C27H26N6O4/c1-2-23(26-29-30-31-33(26)14-18-7-4-3-5-8-18)32(16-21-9-6-10-35-21)15-20-11-19-12-24-25(37-17-36-24)13-22(19)28-27(20)34/h3-13,23H,2,14-17H2,1H3,(H,28,34). The topological polar surface area (TPSA) is 111 Å². The molecule has 1 N–H and O–H groups in total. The second-order valence-electron chi connectivity index (χ2n) is 9.01. The predicted molar refractivity (Wildman–Crippen MR) is 135 cm³/mol.